The number of aryl methyl sites for hydroxylation is 1. The number of nitrogens with zero attached hydrogens (tertiary/aromatic N) is 1. The van der Waals surface area contributed by atoms with Gasteiger partial charge in [-0.15, -0.1) is 0 Å². The van der Waals surface area contributed by atoms with E-state index in [2.05, 4.69) is 15.3 Å². The first-order valence-corrected chi connectivity index (χ1v) is 5.78. The first-order chi connectivity index (χ1) is 8.75. The van der Waals surface area contributed by atoms with Crippen LogP contribution in [-0.2, 0) is 6.42 Å². The third-order valence-corrected chi connectivity index (χ3v) is 2.54. The standard InChI is InChI=1S/C13H14FN3O/c14-11-5-3-10(4-6-11)13(18)17-7-1-2-12-15-8-9-16-12/h3-6,8-9H,1-2,7H2,(H,15,16)(H,17,18). The predicted molar refractivity (Wildman–Crippen MR) is 65.6 cm³/mol. The fraction of sp³-hybridized carbons (Fsp3) is 0.231. The molecule has 2 N–H and O–H groups in total. The van der Waals surface area contributed by atoms with Gasteiger partial charge >= 0.3 is 0 Å². The van der Waals surface area contributed by atoms with Crippen molar-refractivity contribution in [2.24, 2.45) is 0 Å². The molecule has 2 rings (SSSR count). The number of carbonyl (C=O) groups is 1. The monoisotopic (exact) mass is 247 g/mol. The summed E-state index contributed by atoms with van der Waals surface area (Å²) in [5.74, 6) is 0.379. The van der Waals surface area contributed by atoms with Gasteiger partial charge in [-0.1, -0.05) is 0 Å². The van der Waals surface area contributed by atoms with Crippen LogP contribution in [0, 0.1) is 5.82 Å². The smallest absolute Gasteiger partial charge is 0.251 e. The lowest BCUT2D eigenvalue weighted by Crippen LogP contribution is -2.24. The molecule has 0 unspecified atom stereocenters. The van der Waals surface area contributed by atoms with Gasteiger partial charge in [-0.25, -0.2) is 9.37 Å². The van der Waals surface area contributed by atoms with E-state index in [4.69, 9.17) is 0 Å². The van der Waals surface area contributed by atoms with Crippen molar-refractivity contribution in [3.8, 4) is 0 Å². The van der Waals surface area contributed by atoms with Gasteiger partial charge in [-0.2, -0.15) is 0 Å². The zero-order chi connectivity index (χ0) is 12.8. The molecule has 0 saturated carbocycles. The van der Waals surface area contributed by atoms with E-state index in [0.717, 1.165) is 18.7 Å². The molecule has 0 saturated heterocycles. The molecule has 0 bridgehead atoms. The number of halogens is 1. The Bertz CT molecular complexity index is 493. The molecule has 4 nitrogen and oxygen atoms in total. The van der Waals surface area contributed by atoms with E-state index in [1.54, 1.807) is 12.4 Å². The Kier molecular flexibility index (Phi) is 4.06. The van der Waals surface area contributed by atoms with Crippen LogP contribution < -0.4 is 5.32 Å². The third-order valence-electron chi connectivity index (χ3n) is 2.54. The highest BCUT2D eigenvalue weighted by atomic mass is 19.1. The second-order valence-corrected chi connectivity index (χ2v) is 3.90. The summed E-state index contributed by atoms with van der Waals surface area (Å²) in [7, 11) is 0. The van der Waals surface area contributed by atoms with Gasteiger partial charge in [0.15, 0.2) is 0 Å². The first kappa shape index (κ1) is 12.3. The van der Waals surface area contributed by atoms with Crippen LogP contribution in [0.5, 0.6) is 0 Å². The topological polar surface area (TPSA) is 57.8 Å². The second kappa shape index (κ2) is 5.95. The molecular weight excluding hydrogens is 233 g/mol. The zero-order valence-corrected chi connectivity index (χ0v) is 9.82. The number of aromatic amines is 1. The highest BCUT2D eigenvalue weighted by Gasteiger charge is 2.04. The Morgan fingerprint density at radius 1 is 1.33 bits per heavy atom. The van der Waals surface area contributed by atoms with E-state index in [9.17, 15) is 9.18 Å². The molecule has 0 atom stereocenters. The van der Waals surface area contributed by atoms with Crippen molar-refractivity contribution in [3.05, 3.63) is 53.9 Å². The summed E-state index contributed by atoms with van der Waals surface area (Å²) in [6, 6.07) is 5.49. The van der Waals surface area contributed by atoms with Crippen LogP contribution in [0.1, 0.15) is 22.6 Å². The van der Waals surface area contributed by atoms with E-state index >= 15 is 0 Å². The number of benzene rings is 1. The molecule has 0 aliphatic heterocycles. The molecule has 1 amide bonds. The Labute approximate surface area is 104 Å². The molecule has 18 heavy (non-hydrogen) atoms. The van der Waals surface area contributed by atoms with E-state index in [0.29, 0.717) is 12.1 Å². The number of aromatic nitrogens is 2. The minimum Gasteiger partial charge on any atom is -0.352 e. The van der Waals surface area contributed by atoms with Gasteiger partial charge < -0.3 is 10.3 Å². The summed E-state index contributed by atoms with van der Waals surface area (Å²) < 4.78 is 12.7. The molecule has 1 heterocycles. The quantitative estimate of drug-likeness (QED) is 0.793. The maximum atomic E-state index is 12.7. The average Bonchev–Trinajstić information content (AvgIpc) is 2.88. The summed E-state index contributed by atoms with van der Waals surface area (Å²) in [6.07, 6.45) is 5.07. The van der Waals surface area contributed by atoms with Gasteiger partial charge in [0.2, 0.25) is 0 Å². The summed E-state index contributed by atoms with van der Waals surface area (Å²) >= 11 is 0. The summed E-state index contributed by atoms with van der Waals surface area (Å²) in [4.78, 5) is 18.7. The molecule has 0 fully saturated rings. The Morgan fingerprint density at radius 2 is 2.11 bits per heavy atom. The lowest BCUT2D eigenvalue weighted by atomic mass is 10.2. The normalized spacial score (nSPS) is 10.3. The van der Waals surface area contributed by atoms with Gasteiger partial charge in [0.05, 0.1) is 0 Å². The van der Waals surface area contributed by atoms with Crippen LogP contribution in [0.3, 0.4) is 0 Å². The molecule has 2 aromatic rings. The minimum atomic E-state index is -0.343. The number of carbonyl (C=O) groups excluding carboxylic acids is 1. The predicted octanol–water partition coefficient (Wildman–Crippen LogP) is 1.91. The zero-order valence-electron chi connectivity index (χ0n) is 9.82. The number of rotatable bonds is 5. The number of H-pyrrole nitrogens is 1. The van der Waals surface area contributed by atoms with Crippen molar-refractivity contribution in [1.82, 2.24) is 15.3 Å². The van der Waals surface area contributed by atoms with Crippen molar-refractivity contribution >= 4 is 5.91 Å². The van der Waals surface area contributed by atoms with Crippen LogP contribution in [0.15, 0.2) is 36.7 Å². The SMILES string of the molecule is O=C(NCCCc1ncc[nH]1)c1ccc(F)cc1. The maximum Gasteiger partial charge on any atom is 0.251 e. The summed E-state index contributed by atoms with van der Waals surface area (Å²) in [5.41, 5.74) is 0.467. The van der Waals surface area contributed by atoms with E-state index in [1.165, 1.54) is 24.3 Å². The third kappa shape index (κ3) is 3.41. The molecule has 5 heteroatoms. The van der Waals surface area contributed by atoms with Crippen molar-refractivity contribution in [2.75, 3.05) is 6.54 Å². The molecule has 0 radical (unpaired) electrons. The van der Waals surface area contributed by atoms with Gasteiger partial charge in [0, 0.05) is 30.9 Å². The Balaban J connectivity index is 1.73. The average molecular weight is 247 g/mol. The maximum absolute atomic E-state index is 12.7. The number of imidazole rings is 1. The van der Waals surface area contributed by atoms with E-state index < -0.39 is 0 Å². The highest BCUT2D eigenvalue weighted by Crippen LogP contribution is 2.02. The second-order valence-electron chi connectivity index (χ2n) is 3.90. The van der Waals surface area contributed by atoms with Crippen molar-refractivity contribution in [3.63, 3.8) is 0 Å². The van der Waals surface area contributed by atoms with E-state index in [-0.39, 0.29) is 11.7 Å². The van der Waals surface area contributed by atoms with Crippen LogP contribution >= 0.6 is 0 Å². The van der Waals surface area contributed by atoms with Crippen molar-refractivity contribution in [1.29, 1.82) is 0 Å². The minimum absolute atomic E-state index is 0.186. The van der Waals surface area contributed by atoms with Gasteiger partial charge in [0.25, 0.3) is 5.91 Å². The van der Waals surface area contributed by atoms with Gasteiger partial charge in [-0.05, 0) is 30.7 Å². The summed E-state index contributed by atoms with van der Waals surface area (Å²) in [6.45, 7) is 0.566. The van der Waals surface area contributed by atoms with Crippen LogP contribution in [0.4, 0.5) is 4.39 Å². The number of nitrogens with one attached hydrogen (secondary N) is 2. The largest absolute Gasteiger partial charge is 0.352 e. The highest BCUT2D eigenvalue weighted by molar-refractivity contribution is 5.94. The summed E-state index contributed by atoms with van der Waals surface area (Å²) in [5, 5.41) is 2.78. The van der Waals surface area contributed by atoms with Crippen LogP contribution in [-0.4, -0.2) is 22.4 Å². The van der Waals surface area contributed by atoms with Gasteiger partial charge in [0.1, 0.15) is 11.6 Å². The lowest BCUT2D eigenvalue weighted by Gasteiger charge is -2.04. The van der Waals surface area contributed by atoms with Crippen molar-refractivity contribution in [2.45, 2.75) is 12.8 Å². The molecule has 1 aromatic carbocycles. The van der Waals surface area contributed by atoms with Crippen LogP contribution in [0.2, 0.25) is 0 Å². The van der Waals surface area contributed by atoms with Crippen LogP contribution in [0.25, 0.3) is 0 Å². The molecule has 1 aromatic heterocycles. The first-order valence-electron chi connectivity index (χ1n) is 5.78. The van der Waals surface area contributed by atoms with Gasteiger partial charge in [-0.3, -0.25) is 4.79 Å². The fourth-order valence-electron chi connectivity index (χ4n) is 1.60. The molecular formula is C13H14FN3O. The van der Waals surface area contributed by atoms with E-state index in [1.807, 2.05) is 0 Å². The molecule has 94 valence electrons. The molecule has 0 aliphatic rings. The molecule has 0 aliphatic carbocycles. The Hall–Kier alpha value is -2.17. The van der Waals surface area contributed by atoms with Crippen molar-refractivity contribution < 1.29 is 9.18 Å². The fourth-order valence-corrected chi connectivity index (χ4v) is 1.60. The lowest BCUT2D eigenvalue weighted by molar-refractivity contribution is 0.0953. The number of hydrogen-bond donors (Lipinski definition) is 2. The number of hydrogen-bond acceptors (Lipinski definition) is 2. The number of amides is 1. The molecule has 0 spiro atoms. The Morgan fingerprint density at radius 3 is 2.78 bits per heavy atom.